The van der Waals surface area contributed by atoms with Gasteiger partial charge >= 0.3 is 6.03 Å². The standard InChI is InChI=1S/C13H16N4O2S/c1-16(2)13(18)17-9-14-12(15-17)20-8-10-5-4-6-11(7-10)19-3/h4-7,9H,8H2,1-3H3. The number of ether oxygens (including phenoxy) is 1. The molecule has 0 unspecified atom stereocenters. The van der Waals surface area contributed by atoms with E-state index in [-0.39, 0.29) is 6.03 Å². The van der Waals surface area contributed by atoms with E-state index < -0.39 is 0 Å². The van der Waals surface area contributed by atoms with Crippen molar-refractivity contribution in [1.29, 1.82) is 0 Å². The van der Waals surface area contributed by atoms with Gasteiger partial charge in [0.05, 0.1) is 7.11 Å². The molecule has 1 heterocycles. The molecule has 1 aromatic heterocycles. The molecule has 7 heteroatoms. The lowest BCUT2D eigenvalue weighted by molar-refractivity contribution is 0.215. The Bertz CT molecular complexity index is 598. The van der Waals surface area contributed by atoms with Gasteiger partial charge in [-0.15, -0.1) is 5.10 Å². The summed E-state index contributed by atoms with van der Waals surface area (Å²) in [5, 5.41) is 4.71. The summed E-state index contributed by atoms with van der Waals surface area (Å²) in [6, 6.07) is 7.60. The molecule has 0 bridgehead atoms. The maximum atomic E-state index is 11.7. The van der Waals surface area contributed by atoms with Gasteiger partial charge in [-0.3, -0.25) is 0 Å². The first-order chi connectivity index (χ1) is 9.60. The fourth-order valence-corrected chi connectivity index (χ4v) is 2.26. The maximum absolute atomic E-state index is 11.7. The molecule has 0 spiro atoms. The third-order valence-electron chi connectivity index (χ3n) is 2.55. The number of methoxy groups -OCH3 is 1. The molecule has 0 saturated carbocycles. The predicted octanol–water partition coefficient (Wildman–Crippen LogP) is 2.11. The summed E-state index contributed by atoms with van der Waals surface area (Å²) in [5.41, 5.74) is 1.12. The van der Waals surface area contributed by atoms with Gasteiger partial charge in [0.2, 0.25) is 5.16 Å². The monoisotopic (exact) mass is 292 g/mol. The molecule has 0 aliphatic carbocycles. The van der Waals surface area contributed by atoms with Crippen LogP contribution in [0.3, 0.4) is 0 Å². The van der Waals surface area contributed by atoms with Gasteiger partial charge in [-0.1, -0.05) is 23.9 Å². The van der Waals surface area contributed by atoms with E-state index in [1.807, 2.05) is 24.3 Å². The minimum absolute atomic E-state index is 0.217. The number of thioether (sulfide) groups is 1. The lowest BCUT2D eigenvalue weighted by Crippen LogP contribution is -2.27. The average Bonchev–Trinajstić information content (AvgIpc) is 2.93. The molecular formula is C13H16N4O2S. The second-order valence-corrected chi connectivity index (χ2v) is 5.23. The van der Waals surface area contributed by atoms with Gasteiger partial charge in [-0.2, -0.15) is 4.68 Å². The van der Waals surface area contributed by atoms with Gasteiger partial charge in [-0.25, -0.2) is 9.78 Å². The van der Waals surface area contributed by atoms with Crippen molar-refractivity contribution >= 4 is 17.8 Å². The third-order valence-corrected chi connectivity index (χ3v) is 3.47. The number of hydrogen-bond acceptors (Lipinski definition) is 5. The quantitative estimate of drug-likeness (QED) is 0.808. The molecule has 6 nitrogen and oxygen atoms in total. The highest BCUT2D eigenvalue weighted by Crippen LogP contribution is 2.21. The van der Waals surface area contributed by atoms with Gasteiger partial charge in [0.15, 0.2) is 0 Å². The van der Waals surface area contributed by atoms with Crippen LogP contribution in [0.2, 0.25) is 0 Å². The van der Waals surface area contributed by atoms with Gasteiger partial charge in [0.25, 0.3) is 0 Å². The van der Waals surface area contributed by atoms with Gasteiger partial charge in [0, 0.05) is 19.8 Å². The highest BCUT2D eigenvalue weighted by molar-refractivity contribution is 7.98. The Balaban J connectivity index is 1.99. The summed E-state index contributed by atoms with van der Waals surface area (Å²) in [4.78, 5) is 17.2. The Hall–Kier alpha value is -2.02. The van der Waals surface area contributed by atoms with Crippen LogP contribution in [-0.2, 0) is 5.75 Å². The molecule has 0 fully saturated rings. The maximum Gasteiger partial charge on any atom is 0.345 e. The van der Waals surface area contributed by atoms with Crippen molar-refractivity contribution in [3.05, 3.63) is 36.2 Å². The van der Waals surface area contributed by atoms with Gasteiger partial charge < -0.3 is 9.64 Å². The zero-order valence-electron chi connectivity index (χ0n) is 11.6. The van der Waals surface area contributed by atoms with E-state index in [0.717, 1.165) is 17.1 Å². The van der Waals surface area contributed by atoms with Crippen molar-refractivity contribution in [3.8, 4) is 5.75 Å². The van der Waals surface area contributed by atoms with Crippen LogP contribution in [0.1, 0.15) is 5.56 Å². The van der Waals surface area contributed by atoms with Crippen molar-refractivity contribution in [2.24, 2.45) is 0 Å². The molecule has 0 aliphatic heterocycles. The molecule has 0 aliphatic rings. The number of carbonyl (C=O) groups excluding carboxylic acids is 1. The zero-order valence-corrected chi connectivity index (χ0v) is 12.4. The predicted molar refractivity (Wildman–Crippen MR) is 77.1 cm³/mol. The Kier molecular flexibility index (Phi) is 4.62. The fourth-order valence-electron chi connectivity index (χ4n) is 1.52. The Morgan fingerprint density at radius 3 is 2.95 bits per heavy atom. The number of benzene rings is 1. The van der Waals surface area contributed by atoms with Crippen molar-refractivity contribution in [3.63, 3.8) is 0 Å². The molecule has 20 heavy (non-hydrogen) atoms. The van der Waals surface area contributed by atoms with E-state index >= 15 is 0 Å². The van der Waals surface area contributed by atoms with Crippen LogP contribution in [0.4, 0.5) is 4.79 Å². The summed E-state index contributed by atoms with van der Waals surface area (Å²) in [5.74, 6) is 1.54. The smallest absolute Gasteiger partial charge is 0.345 e. The molecule has 0 radical (unpaired) electrons. The normalized spacial score (nSPS) is 10.3. The second-order valence-electron chi connectivity index (χ2n) is 4.29. The number of rotatable bonds is 4. The van der Waals surface area contributed by atoms with Crippen molar-refractivity contribution in [2.75, 3.05) is 21.2 Å². The summed E-state index contributed by atoms with van der Waals surface area (Å²) in [6.07, 6.45) is 1.43. The molecule has 106 valence electrons. The van der Waals surface area contributed by atoms with Crippen LogP contribution >= 0.6 is 11.8 Å². The lowest BCUT2D eigenvalue weighted by Gasteiger charge is -2.07. The Morgan fingerprint density at radius 2 is 2.25 bits per heavy atom. The van der Waals surface area contributed by atoms with Gasteiger partial charge in [-0.05, 0) is 17.7 Å². The van der Waals surface area contributed by atoms with Crippen LogP contribution < -0.4 is 4.74 Å². The molecule has 2 aromatic rings. The SMILES string of the molecule is COc1cccc(CSc2ncn(C(=O)N(C)C)n2)c1. The number of carbonyl (C=O) groups is 1. The highest BCUT2D eigenvalue weighted by atomic mass is 32.2. The van der Waals surface area contributed by atoms with Crippen LogP contribution in [0, 0.1) is 0 Å². The average molecular weight is 292 g/mol. The summed E-state index contributed by atoms with van der Waals surface area (Å²) in [6.45, 7) is 0. The summed E-state index contributed by atoms with van der Waals surface area (Å²) < 4.78 is 6.40. The molecule has 0 atom stereocenters. The molecule has 0 saturated heterocycles. The first-order valence-corrected chi connectivity index (χ1v) is 6.98. The van der Waals surface area contributed by atoms with E-state index in [1.165, 1.54) is 27.7 Å². The minimum atomic E-state index is -0.217. The molecule has 1 aromatic carbocycles. The van der Waals surface area contributed by atoms with Crippen molar-refractivity contribution in [1.82, 2.24) is 19.7 Å². The molecule has 1 amide bonds. The first-order valence-electron chi connectivity index (χ1n) is 5.99. The lowest BCUT2D eigenvalue weighted by atomic mass is 10.2. The zero-order chi connectivity index (χ0) is 14.5. The third kappa shape index (κ3) is 3.51. The molecular weight excluding hydrogens is 276 g/mol. The number of hydrogen-bond donors (Lipinski definition) is 0. The topological polar surface area (TPSA) is 60.3 Å². The summed E-state index contributed by atoms with van der Waals surface area (Å²) in [7, 11) is 4.99. The number of aromatic nitrogens is 3. The summed E-state index contributed by atoms with van der Waals surface area (Å²) >= 11 is 1.47. The van der Waals surface area contributed by atoms with E-state index in [0.29, 0.717) is 5.16 Å². The van der Waals surface area contributed by atoms with Crippen molar-refractivity contribution in [2.45, 2.75) is 10.9 Å². The number of nitrogens with zero attached hydrogens (tertiary/aromatic N) is 4. The minimum Gasteiger partial charge on any atom is -0.497 e. The number of amides is 1. The van der Waals surface area contributed by atoms with Crippen LogP contribution in [0.15, 0.2) is 35.7 Å². The van der Waals surface area contributed by atoms with E-state index in [4.69, 9.17) is 4.74 Å². The van der Waals surface area contributed by atoms with Crippen LogP contribution in [-0.4, -0.2) is 46.9 Å². The molecule has 2 rings (SSSR count). The van der Waals surface area contributed by atoms with E-state index in [2.05, 4.69) is 10.1 Å². The fraction of sp³-hybridized carbons (Fsp3) is 0.308. The Labute approximate surface area is 121 Å². The second kappa shape index (κ2) is 6.42. The van der Waals surface area contributed by atoms with Gasteiger partial charge in [0.1, 0.15) is 12.1 Å². The van der Waals surface area contributed by atoms with Crippen LogP contribution in [0.5, 0.6) is 5.75 Å². The molecule has 0 N–H and O–H groups in total. The van der Waals surface area contributed by atoms with Crippen LogP contribution in [0.25, 0.3) is 0 Å². The van der Waals surface area contributed by atoms with Crippen molar-refractivity contribution < 1.29 is 9.53 Å². The highest BCUT2D eigenvalue weighted by Gasteiger charge is 2.10. The van der Waals surface area contributed by atoms with E-state index in [9.17, 15) is 4.79 Å². The van der Waals surface area contributed by atoms with E-state index in [1.54, 1.807) is 21.2 Å². The largest absolute Gasteiger partial charge is 0.497 e. The first kappa shape index (κ1) is 14.4. The Morgan fingerprint density at radius 1 is 1.45 bits per heavy atom.